The quantitative estimate of drug-likeness (QED) is 0.476. The number of carboxylic acids is 1. The van der Waals surface area contributed by atoms with Gasteiger partial charge in [0.05, 0.1) is 6.20 Å². The number of hydrogen-bond acceptors (Lipinski definition) is 5. The molecule has 3 N–H and O–H groups in total. The van der Waals surface area contributed by atoms with Gasteiger partial charge in [-0.25, -0.2) is 4.79 Å². The molecule has 0 amide bonds. The molecule has 60 valence electrons. The lowest BCUT2D eigenvalue weighted by Gasteiger charge is -2.13. The number of aliphatic carboxylic acids is 1. The average Bonchev–Trinajstić information content (AvgIpc) is 1.49. The van der Waals surface area contributed by atoms with Gasteiger partial charge in [0.2, 0.25) is 0 Å². The highest BCUT2D eigenvalue weighted by Crippen LogP contribution is 2.06. The molecule has 1 fully saturated rings. The molecule has 0 bridgehead atoms. The summed E-state index contributed by atoms with van der Waals surface area (Å²) in [5.41, 5.74) is 5.75. The minimum absolute atomic E-state index is 0.0278. The SMILES string of the molecule is C1CNN1.O=C(O)C1=CN=N1. The Bertz CT molecular complexity index is 203. The number of hydrazine groups is 1. The van der Waals surface area contributed by atoms with Crippen molar-refractivity contribution >= 4 is 5.97 Å². The molecule has 11 heavy (non-hydrogen) atoms. The highest BCUT2D eigenvalue weighted by molar-refractivity contribution is 5.86. The van der Waals surface area contributed by atoms with Crippen molar-refractivity contribution in [1.82, 2.24) is 10.9 Å². The molecule has 2 rings (SSSR count). The van der Waals surface area contributed by atoms with Crippen molar-refractivity contribution in [3.63, 3.8) is 0 Å². The van der Waals surface area contributed by atoms with E-state index in [0.29, 0.717) is 0 Å². The Hall–Kier alpha value is -1.27. The van der Waals surface area contributed by atoms with Crippen LogP contribution in [-0.4, -0.2) is 24.2 Å². The first kappa shape index (κ1) is 7.83. The Labute approximate surface area is 63.0 Å². The molecule has 0 aliphatic carbocycles. The molecule has 0 atom stereocenters. The molecule has 0 saturated carbocycles. The van der Waals surface area contributed by atoms with E-state index in [4.69, 9.17) is 5.11 Å². The summed E-state index contributed by atoms with van der Waals surface area (Å²) in [6.45, 7) is 2.28. The van der Waals surface area contributed by atoms with E-state index in [1.54, 1.807) is 0 Å². The van der Waals surface area contributed by atoms with E-state index in [1.807, 2.05) is 0 Å². The molecule has 6 nitrogen and oxygen atoms in total. The molecule has 0 unspecified atom stereocenters. The topological polar surface area (TPSA) is 86.1 Å². The Kier molecular flexibility index (Phi) is 2.70. The van der Waals surface area contributed by atoms with E-state index < -0.39 is 5.97 Å². The first-order valence-corrected chi connectivity index (χ1v) is 3.11. The van der Waals surface area contributed by atoms with E-state index in [1.165, 1.54) is 6.20 Å². The van der Waals surface area contributed by atoms with Crippen molar-refractivity contribution in [1.29, 1.82) is 0 Å². The number of carboxylic acid groups (broad SMARTS) is 1. The summed E-state index contributed by atoms with van der Waals surface area (Å²) in [5, 5.41) is 14.4. The maximum atomic E-state index is 9.76. The van der Waals surface area contributed by atoms with Crippen LogP contribution in [0.2, 0.25) is 0 Å². The maximum absolute atomic E-state index is 9.76. The van der Waals surface area contributed by atoms with Crippen LogP contribution < -0.4 is 10.9 Å². The zero-order chi connectivity index (χ0) is 8.10. The lowest BCUT2D eigenvalue weighted by Crippen LogP contribution is -2.49. The molecule has 0 spiro atoms. The molecule has 1 saturated heterocycles. The van der Waals surface area contributed by atoms with Crippen LogP contribution in [0.4, 0.5) is 0 Å². The van der Waals surface area contributed by atoms with Gasteiger partial charge >= 0.3 is 5.97 Å². The number of nitrogens with one attached hydrogen (secondary N) is 2. The Morgan fingerprint density at radius 2 is 2.00 bits per heavy atom. The van der Waals surface area contributed by atoms with E-state index >= 15 is 0 Å². The summed E-state index contributed by atoms with van der Waals surface area (Å²) in [4.78, 5) is 9.76. The molecule has 0 radical (unpaired) electrons. The first-order valence-electron chi connectivity index (χ1n) is 3.11. The third-order valence-electron chi connectivity index (χ3n) is 1.06. The minimum atomic E-state index is -1.02. The summed E-state index contributed by atoms with van der Waals surface area (Å²) in [7, 11) is 0. The normalized spacial score (nSPS) is 18.4. The maximum Gasteiger partial charge on any atom is 0.358 e. The van der Waals surface area contributed by atoms with Crippen LogP contribution in [0.5, 0.6) is 0 Å². The van der Waals surface area contributed by atoms with Gasteiger partial charge < -0.3 is 5.11 Å². The zero-order valence-corrected chi connectivity index (χ0v) is 5.74. The molecule has 0 aromatic heterocycles. The standard InChI is InChI=1S/C3H2N2O2.C2H6N2/c6-3(7)2-1-4-5-2;1-2-4-3-1/h1H,(H,6,7);3-4H,1-2H2. The van der Waals surface area contributed by atoms with Crippen LogP contribution >= 0.6 is 0 Å². The summed E-state index contributed by atoms with van der Waals surface area (Å²) in [6, 6.07) is 0. The smallest absolute Gasteiger partial charge is 0.358 e. The van der Waals surface area contributed by atoms with E-state index in [0.717, 1.165) is 13.1 Å². The van der Waals surface area contributed by atoms with Gasteiger partial charge in [-0.1, -0.05) is 0 Å². The Morgan fingerprint density at radius 1 is 1.55 bits per heavy atom. The number of carbonyl (C=O) groups is 1. The van der Waals surface area contributed by atoms with Gasteiger partial charge in [0, 0.05) is 13.1 Å². The highest BCUT2D eigenvalue weighted by Gasteiger charge is 2.09. The van der Waals surface area contributed by atoms with Crippen LogP contribution in [0.3, 0.4) is 0 Å². The zero-order valence-electron chi connectivity index (χ0n) is 5.74. The van der Waals surface area contributed by atoms with Crippen LogP contribution in [-0.2, 0) is 4.79 Å². The van der Waals surface area contributed by atoms with Crippen LogP contribution in [0.1, 0.15) is 0 Å². The van der Waals surface area contributed by atoms with Gasteiger partial charge in [-0.2, -0.15) is 5.11 Å². The average molecular weight is 156 g/mol. The Morgan fingerprint density at radius 3 is 2.00 bits per heavy atom. The second-order valence-electron chi connectivity index (χ2n) is 1.89. The third-order valence-corrected chi connectivity index (χ3v) is 1.06. The van der Waals surface area contributed by atoms with Crippen molar-refractivity contribution < 1.29 is 9.90 Å². The van der Waals surface area contributed by atoms with Crippen LogP contribution in [0.25, 0.3) is 0 Å². The second kappa shape index (κ2) is 3.79. The predicted molar refractivity (Wildman–Crippen MR) is 36.6 cm³/mol. The third kappa shape index (κ3) is 2.44. The summed E-state index contributed by atoms with van der Waals surface area (Å²) < 4.78 is 0. The van der Waals surface area contributed by atoms with E-state index in [9.17, 15) is 4.79 Å². The number of nitrogens with zero attached hydrogens (tertiary/aromatic N) is 2. The molecule has 0 aromatic carbocycles. The van der Waals surface area contributed by atoms with Crippen molar-refractivity contribution in [2.45, 2.75) is 0 Å². The molecule has 2 aliphatic rings. The lowest BCUT2D eigenvalue weighted by molar-refractivity contribution is -0.132. The second-order valence-corrected chi connectivity index (χ2v) is 1.89. The number of hydrogen-bond donors (Lipinski definition) is 3. The fourth-order valence-electron chi connectivity index (χ4n) is 0.338. The Balaban J connectivity index is 0.000000128. The van der Waals surface area contributed by atoms with Gasteiger partial charge in [0.1, 0.15) is 0 Å². The lowest BCUT2D eigenvalue weighted by atomic mass is 10.5. The molecule has 2 heterocycles. The largest absolute Gasteiger partial charge is 0.476 e. The molecular formula is C5H8N4O2. The molecule has 0 aromatic rings. The van der Waals surface area contributed by atoms with Crippen LogP contribution in [0, 0.1) is 0 Å². The number of azo groups is 1. The first-order chi connectivity index (χ1) is 5.30. The molecule has 6 heteroatoms. The summed E-state index contributed by atoms with van der Waals surface area (Å²) in [6.07, 6.45) is 1.20. The fourth-order valence-corrected chi connectivity index (χ4v) is 0.338. The van der Waals surface area contributed by atoms with Crippen molar-refractivity contribution in [2.75, 3.05) is 13.1 Å². The van der Waals surface area contributed by atoms with E-state index in [2.05, 4.69) is 21.1 Å². The van der Waals surface area contributed by atoms with Gasteiger partial charge in [0.15, 0.2) is 5.70 Å². The minimum Gasteiger partial charge on any atom is -0.476 e. The van der Waals surface area contributed by atoms with Crippen molar-refractivity contribution in [3.8, 4) is 0 Å². The van der Waals surface area contributed by atoms with Crippen LogP contribution in [0.15, 0.2) is 22.1 Å². The summed E-state index contributed by atoms with van der Waals surface area (Å²) >= 11 is 0. The number of rotatable bonds is 1. The van der Waals surface area contributed by atoms with Gasteiger partial charge in [-0.05, 0) is 0 Å². The fraction of sp³-hybridized carbons (Fsp3) is 0.400. The van der Waals surface area contributed by atoms with E-state index in [-0.39, 0.29) is 5.70 Å². The van der Waals surface area contributed by atoms with Crippen molar-refractivity contribution in [3.05, 3.63) is 11.9 Å². The molecule has 2 aliphatic heterocycles. The monoisotopic (exact) mass is 156 g/mol. The molecular weight excluding hydrogens is 148 g/mol. The van der Waals surface area contributed by atoms with Gasteiger partial charge in [0.25, 0.3) is 0 Å². The van der Waals surface area contributed by atoms with Crippen molar-refractivity contribution in [2.24, 2.45) is 10.2 Å². The predicted octanol–water partition coefficient (Wildman–Crippen LogP) is -0.528. The highest BCUT2D eigenvalue weighted by atomic mass is 16.4. The van der Waals surface area contributed by atoms with Gasteiger partial charge in [-0.15, -0.1) is 5.11 Å². The van der Waals surface area contributed by atoms with Gasteiger partial charge in [-0.3, -0.25) is 10.9 Å². The summed E-state index contributed by atoms with van der Waals surface area (Å²) in [5.74, 6) is -1.02.